The van der Waals surface area contributed by atoms with Crippen LogP contribution in [0.3, 0.4) is 0 Å². The molecule has 0 aromatic rings. The van der Waals surface area contributed by atoms with E-state index in [1.54, 1.807) is 6.92 Å². The number of rotatable bonds is 3. The van der Waals surface area contributed by atoms with Crippen molar-refractivity contribution in [3.05, 3.63) is 0 Å². The summed E-state index contributed by atoms with van der Waals surface area (Å²) in [6, 6.07) is 0. The van der Waals surface area contributed by atoms with E-state index in [0.29, 0.717) is 0 Å². The van der Waals surface area contributed by atoms with Gasteiger partial charge in [0.2, 0.25) is 0 Å². The Morgan fingerprint density at radius 2 is 1.73 bits per heavy atom. The van der Waals surface area contributed by atoms with Gasteiger partial charge in [-0.2, -0.15) is 8.42 Å². The average molecular weight is 193 g/mol. The summed E-state index contributed by atoms with van der Waals surface area (Å²) in [7, 11) is -4.75. The Bertz CT molecular complexity index is 197. The minimum atomic E-state index is -4.75. The Morgan fingerprint density at radius 1 is 1.36 bits per heavy atom. The predicted octanol–water partition coefficient (Wildman–Crippen LogP) is -1.07. The van der Waals surface area contributed by atoms with Crippen LogP contribution in [0.2, 0.25) is 0 Å². The molecule has 0 rings (SSSR count). The first-order chi connectivity index (χ1) is 4.31. The van der Waals surface area contributed by atoms with Gasteiger partial charge in [-0.25, -0.2) is 0 Å². The van der Waals surface area contributed by atoms with Crippen molar-refractivity contribution in [3.8, 4) is 0 Å². The van der Waals surface area contributed by atoms with Crippen LogP contribution in [-0.4, -0.2) is 57.9 Å². The van der Waals surface area contributed by atoms with Crippen LogP contribution in [0.15, 0.2) is 0 Å². The van der Waals surface area contributed by atoms with Crippen molar-refractivity contribution in [2.45, 2.75) is 24.9 Å². The molecular formula is C4H10NaO5S. The van der Waals surface area contributed by atoms with Crippen molar-refractivity contribution in [2.24, 2.45) is 0 Å². The van der Waals surface area contributed by atoms with Crippen LogP contribution in [0.25, 0.3) is 0 Å². The van der Waals surface area contributed by atoms with Crippen molar-refractivity contribution in [1.82, 2.24) is 0 Å². The fourth-order valence-corrected chi connectivity index (χ4v) is 0.917. The molecule has 63 valence electrons. The van der Waals surface area contributed by atoms with Crippen molar-refractivity contribution in [3.63, 3.8) is 0 Å². The monoisotopic (exact) mass is 193 g/mol. The fourth-order valence-electron chi connectivity index (χ4n) is 0.455. The standard InChI is InChI=1S/C4H10O5S.Na/c1-2-3-4(5,6)10(7,8)9;/h5-6H,2-3H2,1H3,(H,7,8,9);. The molecule has 0 aliphatic carbocycles. The predicted molar refractivity (Wildman–Crippen MR) is 39.4 cm³/mol. The van der Waals surface area contributed by atoms with Gasteiger partial charge in [0.15, 0.2) is 0 Å². The van der Waals surface area contributed by atoms with Gasteiger partial charge in [0.1, 0.15) is 0 Å². The summed E-state index contributed by atoms with van der Waals surface area (Å²) < 4.78 is 28.3. The zero-order valence-electron chi connectivity index (χ0n) is 6.48. The first-order valence-corrected chi connectivity index (χ1v) is 4.17. The second-order valence-electron chi connectivity index (χ2n) is 1.97. The smallest absolute Gasteiger partial charge is 0.321 e. The Morgan fingerprint density at radius 3 is 1.82 bits per heavy atom. The number of hydrogen-bond donors (Lipinski definition) is 3. The third-order valence-electron chi connectivity index (χ3n) is 0.989. The number of aliphatic hydroxyl groups is 2. The SMILES string of the molecule is CCCC(O)(O)S(=O)(=O)O.[Na]. The van der Waals surface area contributed by atoms with Crippen molar-refractivity contribution >= 4 is 39.7 Å². The maximum Gasteiger partial charge on any atom is 0.321 e. The summed E-state index contributed by atoms with van der Waals surface area (Å²) in [6.07, 6.45) is -0.140. The molecule has 0 aliphatic rings. The zero-order chi connectivity index (χ0) is 8.41. The molecule has 1 radical (unpaired) electrons. The first-order valence-electron chi connectivity index (χ1n) is 2.73. The molecule has 3 N–H and O–H groups in total. The molecule has 0 fully saturated rings. The summed E-state index contributed by atoms with van der Waals surface area (Å²) >= 11 is 0. The third-order valence-corrected chi connectivity index (χ3v) is 2.02. The third kappa shape index (κ3) is 4.41. The molecule has 0 saturated heterocycles. The van der Waals surface area contributed by atoms with Crippen LogP contribution in [0.5, 0.6) is 0 Å². The van der Waals surface area contributed by atoms with Gasteiger partial charge in [0.25, 0.3) is 5.12 Å². The molecule has 0 atom stereocenters. The number of hydrogen-bond acceptors (Lipinski definition) is 4. The molecule has 0 saturated carbocycles. The average Bonchev–Trinajstić information content (AvgIpc) is 1.61. The van der Waals surface area contributed by atoms with Crippen molar-refractivity contribution in [1.29, 1.82) is 0 Å². The normalized spacial score (nSPS) is 12.4. The van der Waals surface area contributed by atoms with Crippen LogP contribution < -0.4 is 0 Å². The Labute approximate surface area is 87.5 Å². The molecule has 0 aromatic heterocycles. The summed E-state index contributed by atoms with van der Waals surface area (Å²) in [5.74, 6) is 0. The van der Waals surface area contributed by atoms with Gasteiger partial charge in [-0.05, 0) is 6.42 Å². The van der Waals surface area contributed by atoms with Gasteiger partial charge in [-0.15, -0.1) is 0 Å². The van der Waals surface area contributed by atoms with Gasteiger partial charge in [0.05, 0.1) is 0 Å². The maximum absolute atomic E-state index is 10.1. The van der Waals surface area contributed by atoms with Gasteiger partial charge >= 0.3 is 10.1 Å². The molecule has 0 amide bonds. The van der Waals surface area contributed by atoms with Crippen molar-refractivity contribution in [2.75, 3.05) is 0 Å². The fraction of sp³-hybridized carbons (Fsp3) is 1.00. The molecule has 0 aliphatic heterocycles. The Hall–Kier alpha value is 0.830. The minimum absolute atomic E-state index is 0. The maximum atomic E-state index is 10.1. The largest absolute Gasteiger partial charge is 0.352 e. The Balaban J connectivity index is 0. The van der Waals surface area contributed by atoms with E-state index < -0.39 is 21.7 Å². The topological polar surface area (TPSA) is 94.8 Å². The summed E-state index contributed by atoms with van der Waals surface area (Å²) in [6.45, 7) is 1.56. The van der Waals surface area contributed by atoms with E-state index in [1.165, 1.54) is 0 Å². The van der Waals surface area contributed by atoms with E-state index in [2.05, 4.69) is 0 Å². The second kappa shape index (κ2) is 4.76. The minimum Gasteiger partial charge on any atom is -0.352 e. The molecule has 0 bridgehead atoms. The van der Waals surface area contributed by atoms with E-state index in [1.807, 2.05) is 0 Å². The van der Waals surface area contributed by atoms with Gasteiger partial charge in [-0.1, -0.05) is 6.92 Å². The molecule has 0 unspecified atom stereocenters. The first kappa shape index (κ1) is 14.4. The molecular weight excluding hydrogens is 183 g/mol. The van der Waals surface area contributed by atoms with Crippen LogP contribution >= 0.6 is 0 Å². The summed E-state index contributed by atoms with van der Waals surface area (Å²) in [5.41, 5.74) is 0. The van der Waals surface area contributed by atoms with E-state index in [0.717, 1.165) is 0 Å². The second-order valence-corrected chi connectivity index (χ2v) is 3.57. The van der Waals surface area contributed by atoms with E-state index in [4.69, 9.17) is 14.8 Å². The zero-order valence-corrected chi connectivity index (χ0v) is 9.30. The molecule has 0 aromatic carbocycles. The van der Waals surface area contributed by atoms with Crippen LogP contribution in [-0.2, 0) is 10.1 Å². The van der Waals surface area contributed by atoms with Crippen LogP contribution in [0.4, 0.5) is 0 Å². The van der Waals surface area contributed by atoms with Crippen LogP contribution in [0, 0.1) is 0 Å². The molecule has 0 heterocycles. The summed E-state index contributed by atoms with van der Waals surface area (Å²) in [5, 5.41) is 14.2. The van der Waals surface area contributed by atoms with Gasteiger partial charge in [0, 0.05) is 36.0 Å². The van der Waals surface area contributed by atoms with Crippen molar-refractivity contribution < 1.29 is 23.2 Å². The van der Waals surface area contributed by atoms with Gasteiger partial charge < -0.3 is 10.2 Å². The molecule has 0 spiro atoms. The van der Waals surface area contributed by atoms with E-state index in [-0.39, 0.29) is 36.0 Å². The van der Waals surface area contributed by atoms with Crippen LogP contribution in [0.1, 0.15) is 19.8 Å². The van der Waals surface area contributed by atoms with E-state index in [9.17, 15) is 8.42 Å². The molecule has 11 heavy (non-hydrogen) atoms. The Kier molecular flexibility index (Phi) is 6.21. The van der Waals surface area contributed by atoms with Gasteiger partial charge in [-0.3, -0.25) is 4.55 Å². The molecule has 7 heteroatoms. The quantitative estimate of drug-likeness (QED) is 0.301. The molecule has 5 nitrogen and oxygen atoms in total. The van der Waals surface area contributed by atoms with E-state index >= 15 is 0 Å². The summed E-state index contributed by atoms with van der Waals surface area (Å²) in [4.78, 5) is 0.